The van der Waals surface area contributed by atoms with Gasteiger partial charge in [-0.15, -0.1) is 0 Å². The van der Waals surface area contributed by atoms with Crippen LogP contribution in [-0.2, 0) is 0 Å². The number of pyridine rings is 1. The third-order valence-corrected chi connectivity index (χ3v) is 2.39. The number of hydrogen-bond acceptors (Lipinski definition) is 1. The molecule has 0 fully saturated rings. The average Bonchev–Trinajstić information content (AvgIpc) is 2.12. The van der Waals surface area contributed by atoms with Crippen LogP contribution in [0.25, 0.3) is 10.9 Å². The molecule has 0 amide bonds. The Morgan fingerprint density at radius 3 is 2.69 bits per heavy atom. The Labute approximate surface area is 84.9 Å². The first kappa shape index (κ1) is 8.60. The smallest absolute Gasteiger partial charge is 0.267 e. The van der Waals surface area contributed by atoms with Crippen molar-refractivity contribution in [2.45, 2.75) is 0 Å². The molecular formula is C9H6Cl2NO+. The predicted octanol–water partition coefficient (Wildman–Crippen LogP) is 2.67. The molecule has 1 aromatic heterocycles. The summed E-state index contributed by atoms with van der Waals surface area (Å²) in [6.45, 7) is 0. The highest BCUT2D eigenvalue weighted by molar-refractivity contribution is 6.35. The number of fused-ring (bicyclic) bond motifs is 1. The molecule has 0 atom stereocenters. The van der Waals surface area contributed by atoms with Crippen molar-refractivity contribution in [3.63, 3.8) is 0 Å². The van der Waals surface area contributed by atoms with Gasteiger partial charge in [-0.1, -0.05) is 23.2 Å². The van der Waals surface area contributed by atoms with Crippen molar-refractivity contribution < 1.29 is 9.94 Å². The molecule has 1 aromatic carbocycles. The van der Waals surface area contributed by atoms with Gasteiger partial charge >= 0.3 is 0 Å². The minimum absolute atomic E-state index is 0.567. The van der Waals surface area contributed by atoms with Gasteiger partial charge in [0.15, 0.2) is 0 Å². The van der Waals surface area contributed by atoms with E-state index in [4.69, 9.17) is 23.2 Å². The number of aromatic nitrogens is 1. The molecule has 66 valence electrons. The third kappa shape index (κ3) is 1.43. The van der Waals surface area contributed by atoms with Crippen molar-refractivity contribution in [2.24, 2.45) is 0 Å². The third-order valence-electron chi connectivity index (χ3n) is 1.83. The van der Waals surface area contributed by atoms with Crippen molar-refractivity contribution in [1.29, 1.82) is 0 Å². The minimum atomic E-state index is 0.567. The summed E-state index contributed by atoms with van der Waals surface area (Å²) in [5, 5.41) is 11.4. The fourth-order valence-electron chi connectivity index (χ4n) is 1.20. The van der Waals surface area contributed by atoms with Crippen molar-refractivity contribution in [1.82, 2.24) is 0 Å². The Bertz CT molecular complexity index is 470. The summed E-state index contributed by atoms with van der Waals surface area (Å²) in [5.74, 6) is 0. The van der Waals surface area contributed by atoms with Crippen LogP contribution in [0.2, 0.25) is 10.0 Å². The van der Waals surface area contributed by atoms with E-state index in [1.807, 2.05) is 0 Å². The lowest BCUT2D eigenvalue weighted by Gasteiger charge is -1.96. The zero-order valence-electron chi connectivity index (χ0n) is 6.54. The molecule has 0 bridgehead atoms. The maximum atomic E-state index is 9.42. The van der Waals surface area contributed by atoms with Crippen LogP contribution < -0.4 is 4.73 Å². The first-order valence-electron chi connectivity index (χ1n) is 3.67. The molecule has 0 saturated carbocycles. The van der Waals surface area contributed by atoms with E-state index in [-0.39, 0.29) is 0 Å². The van der Waals surface area contributed by atoms with E-state index in [2.05, 4.69) is 0 Å². The van der Waals surface area contributed by atoms with Crippen LogP contribution in [0.1, 0.15) is 0 Å². The number of rotatable bonds is 0. The molecule has 1 N–H and O–H groups in total. The van der Waals surface area contributed by atoms with Crippen LogP contribution in [0.5, 0.6) is 0 Å². The van der Waals surface area contributed by atoms with E-state index >= 15 is 0 Å². The zero-order chi connectivity index (χ0) is 9.42. The van der Waals surface area contributed by atoms with Crippen LogP contribution in [0.15, 0.2) is 30.5 Å². The van der Waals surface area contributed by atoms with Gasteiger partial charge in [0.2, 0.25) is 6.20 Å². The van der Waals surface area contributed by atoms with Crippen molar-refractivity contribution in [3.8, 4) is 0 Å². The fraction of sp³-hybridized carbons (Fsp3) is 0. The highest BCUT2D eigenvalue weighted by atomic mass is 35.5. The van der Waals surface area contributed by atoms with Gasteiger partial charge in [0.25, 0.3) is 5.52 Å². The molecule has 0 radical (unpaired) electrons. The van der Waals surface area contributed by atoms with Crippen molar-refractivity contribution in [2.75, 3.05) is 0 Å². The Morgan fingerprint density at radius 1 is 1.15 bits per heavy atom. The summed E-state index contributed by atoms with van der Waals surface area (Å²) in [7, 11) is 0. The first-order chi connectivity index (χ1) is 6.18. The van der Waals surface area contributed by atoms with Gasteiger partial charge in [-0.2, -0.15) is 0 Å². The molecule has 0 aliphatic rings. The fourth-order valence-corrected chi connectivity index (χ4v) is 1.58. The summed E-state index contributed by atoms with van der Waals surface area (Å²) >= 11 is 11.7. The molecule has 2 nitrogen and oxygen atoms in total. The normalized spacial score (nSPS) is 10.6. The van der Waals surface area contributed by atoms with E-state index in [0.29, 0.717) is 15.6 Å². The number of benzene rings is 1. The molecule has 0 aliphatic carbocycles. The molecular weight excluding hydrogens is 209 g/mol. The van der Waals surface area contributed by atoms with Gasteiger partial charge in [-0.25, -0.2) is 0 Å². The van der Waals surface area contributed by atoms with Gasteiger partial charge in [-0.05, 0) is 12.1 Å². The molecule has 13 heavy (non-hydrogen) atoms. The van der Waals surface area contributed by atoms with Gasteiger partial charge < -0.3 is 0 Å². The van der Waals surface area contributed by atoms with Gasteiger partial charge in [-0.3, -0.25) is 5.21 Å². The van der Waals surface area contributed by atoms with Crippen LogP contribution in [0, 0.1) is 0 Å². The number of hydrogen-bond donors (Lipinski definition) is 1. The number of nitrogens with zero attached hydrogens (tertiary/aromatic N) is 1. The lowest BCUT2D eigenvalue weighted by Crippen LogP contribution is -2.29. The minimum Gasteiger partial charge on any atom is -0.285 e. The number of halogens is 2. The van der Waals surface area contributed by atoms with Gasteiger partial charge in [0.05, 0.1) is 10.4 Å². The SMILES string of the molecule is O[n+]1ccc(Cl)c2ccc(Cl)cc21. The van der Waals surface area contributed by atoms with Crippen LogP contribution in [0.4, 0.5) is 0 Å². The Balaban J connectivity index is 2.92. The first-order valence-corrected chi connectivity index (χ1v) is 4.43. The monoisotopic (exact) mass is 214 g/mol. The summed E-state index contributed by atoms with van der Waals surface area (Å²) in [6.07, 6.45) is 1.47. The molecule has 0 spiro atoms. The average molecular weight is 215 g/mol. The summed E-state index contributed by atoms with van der Waals surface area (Å²) in [5.41, 5.74) is 0.597. The van der Waals surface area contributed by atoms with E-state index < -0.39 is 0 Å². The van der Waals surface area contributed by atoms with Crippen molar-refractivity contribution in [3.05, 3.63) is 40.5 Å². The van der Waals surface area contributed by atoms with E-state index in [9.17, 15) is 5.21 Å². The van der Waals surface area contributed by atoms with E-state index in [1.54, 1.807) is 24.3 Å². The second kappa shape index (κ2) is 3.05. The quantitative estimate of drug-likeness (QED) is 0.530. The Hall–Kier alpha value is -0.990. The zero-order valence-corrected chi connectivity index (χ0v) is 8.05. The van der Waals surface area contributed by atoms with E-state index in [0.717, 1.165) is 10.1 Å². The Kier molecular flexibility index (Phi) is 2.02. The molecule has 1 heterocycles. The maximum Gasteiger partial charge on any atom is 0.267 e. The predicted molar refractivity (Wildman–Crippen MR) is 51.3 cm³/mol. The summed E-state index contributed by atoms with van der Waals surface area (Å²) in [4.78, 5) is 0. The molecule has 0 unspecified atom stereocenters. The van der Waals surface area contributed by atoms with Gasteiger partial charge in [0, 0.05) is 21.9 Å². The molecule has 4 heteroatoms. The van der Waals surface area contributed by atoms with Gasteiger partial charge in [0.1, 0.15) is 0 Å². The molecule has 0 aliphatic heterocycles. The standard InChI is InChI=1S/C9H6Cl2NO/c10-6-1-2-7-8(11)3-4-12(13)9(7)5-6/h1-5,13H/q+1. The van der Waals surface area contributed by atoms with Crippen LogP contribution in [-0.4, -0.2) is 5.21 Å². The highest BCUT2D eigenvalue weighted by Crippen LogP contribution is 2.22. The largest absolute Gasteiger partial charge is 0.285 e. The lowest BCUT2D eigenvalue weighted by atomic mass is 10.2. The van der Waals surface area contributed by atoms with E-state index in [1.165, 1.54) is 6.20 Å². The molecule has 2 aromatic rings. The topological polar surface area (TPSA) is 24.1 Å². The van der Waals surface area contributed by atoms with Crippen LogP contribution >= 0.6 is 23.2 Å². The molecule has 2 rings (SSSR count). The summed E-state index contributed by atoms with van der Waals surface area (Å²) in [6, 6.07) is 6.78. The Morgan fingerprint density at radius 2 is 1.92 bits per heavy atom. The second-order valence-electron chi connectivity index (χ2n) is 2.67. The van der Waals surface area contributed by atoms with Crippen molar-refractivity contribution >= 4 is 34.1 Å². The second-order valence-corrected chi connectivity index (χ2v) is 3.51. The van der Waals surface area contributed by atoms with Crippen LogP contribution in [0.3, 0.4) is 0 Å². The summed E-state index contributed by atoms with van der Waals surface area (Å²) < 4.78 is 0.993. The molecule has 0 saturated heterocycles. The highest BCUT2D eigenvalue weighted by Gasteiger charge is 2.10. The lowest BCUT2D eigenvalue weighted by molar-refractivity contribution is -0.884. The maximum absolute atomic E-state index is 9.42.